The van der Waals surface area contributed by atoms with Crippen LogP contribution < -0.4 is 5.32 Å². The monoisotopic (exact) mass is 297 g/mol. The maximum absolute atomic E-state index is 12.0. The molecule has 114 valence electrons. The number of halogens is 3. The number of hydrogen-bond acceptors (Lipinski definition) is 2. The van der Waals surface area contributed by atoms with Gasteiger partial charge in [0.1, 0.15) is 0 Å². The van der Waals surface area contributed by atoms with Crippen LogP contribution in [0.5, 0.6) is 0 Å². The Balaban J connectivity index is 1.71. The second-order valence-electron chi connectivity index (χ2n) is 4.93. The van der Waals surface area contributed by atoms with Crippen molar-refractivity contribution in [3.8, 4) is 0 Å². The average Bonchev–Trinajstić information content (AvgIpc) is 2.86. The first-order valence-electron chi connectivity index (χ1n) is 6.86. The van der Waals surface area contributed by atoms with Crippen LogP contribution in [0.1, 0.15) is 24.0 Å². The first-order valence-corrected chi connectivity index (χ1v) is 6.86. The average molecular weight is 297 g/mol. The molecule has 0 atom stereocenters. The van der Waals surface area contributed by atoms with E-state index >= 15 is 0 Å². The lowest BCUT2D eigenvalue weighted by atomic mass is 10.2. The van der Waals surface area contributed by atoms with Gasteiger partial charge in [-0.2, -0.15) is 18.3 Å². The van der Waals surface area contributed by atoms with Crippen molar-refractivity contribution < 1.29 is 13.2 Å². The summed E-state index contributed by atoms with van der Waals surface area (Å²) in [6, 6.07) is 9.96. The van der Waals surface area contributed by atoms with Crippen molar-refractivity contribution in [1.82, 2.24) is 15.1 Å². The Morgan fingerprint density at radius 2 is 1.86 bits per heavy atom. The summed E-state index contributed by atoms with van der Waals surface area (Å²) in [7, 11) is 0. The fourth-order valence-electron chi connectivity index (χ4n) is 2.00. The third-order valence-electron chi connectivity index (χ3n) is 3.02. The van der Waals surface area contributed by atoms with Gasteiger partial charge in [-0.05, 0) is 18.5 Å². The highest BCUT2D eigenvalue weighted by molar-refractivity contribution is 5.15. The maximum Gasteiger partial charge on any atom is 0.389 e. The number of benzene rings is 1. The fraction of sp³-hybridized carbons (Fsp3) is 0.400. The van der Waals surface area contributed by atoms with E-state index < -0.39 is 12.6 Å². The SMILES string of the molecule is FC(F)(F)CCCNCc1cnn(Cc2ccccc2)c1. The molecule has 3 nitrogen and oxygen atoms in total. The largest absolute Gasteiger partial charge is 0.389 e. The molecule has 0 radical (unpaired) electrons. The number of hydrogen-bond donors (Lipinski definition) is 1. The van der Waals surface area contributed by atoms with E-state index in [0.717, 1.165) is 11.1 Å². The zero-order valence-electron chi connectivity index (χ0n) is 11.6. The highest BCUT2D eigenvalue weighted by Crippen LogP contribution is 2.20. The molecule has 21 heavy (non-hydrogen) atoms. The summed E-state index contributed by atoms with van der Waals surface area (Å²) in [6.45, 7) is 1.57. The van der Waals surface area contributed by atoms with Gasteiger partial charge in [-0.15, -0.1) is 0 Å². The quantitative estimate of drug-likeness (QED) is 0.794. The third-order valence-corrected chi connectivity index (χ3v) is 3.02. The van der Waals surface area contributed by atoms with Crippen LogP contribution in [0, 0.1) is 0 Å². The molecule has 0 amide bonds. The van der Waals surface area contributed by atoms with Gasteiger partial charge in [-0.3, -0.25) is 4.68 Å². The lowest BCUT2D eigenvalue weighted by molar-refractivity contribution is -0.135. The zero-order chi connectivity index (χ0) is 15.1. The van der Waals surface area contributed by atoms with Crippen molar-refractivity contribution >= 4 is 0 Å². The van der Waals surface area contributed by atoms with Crippen molar-refractivity contribution in [2.24, 2.45) is 0 Å². The van der Waals surface area contributed by atoms with E-state index in [-0.39, 0.29) is 6.42 Å². The van der Waals surface area contributed by atoms with Gasteiger partial charge in [-0.25, -0.2) is 0 Å². The normalized spacial score (nSPS) is 11.8. The fourth-order valence-corrected chi connectivity index (χ4v) is 2.00. The molecule has 2 aromatic rings. The second-order valence-corrected chi connectivity index (χ2v) is 4.93. The number of nitrogens with zero attached hydrogens (tertiary/aromatic N) is 2. The van der Waals surface area contributed by atoms with Crippen molar-refractivity contribution in [1.29, 1.82) is 0 Å². The minimum Gasteiger partial charge on any atom is -0.313 e. The van der Waals surface area contributed by atoms with Gasteiger partial charge in [0.05, 0.1) is 12.7 Å². The first-order chi connectivity index (χ1) is 10.0. The van der Waals surface area contributed by atoms with Gasteiger partial charge >= 0.3 is 6.18 Å². The van der Waals surface area contributed by atoms with Crippen LogP contribution in [-0.4, -0.2) is 22.5 Å². The van der Waals surface area contributed by atoms with Crippen LogP contribution in [0.3, 0.4) is 0 Å². The molecule has 2 rings (SSSR count). The Hall–Kier alpha value is -1.82. The van der Waals surface area contributed by atoms with Crippen molar-refractivity contribution in [3.05, 3.63) is 53.9 Å². The predicted molar refractivity (Wildman–Crippen MR) is 74.8 cm³/mol. The highest BCUT2D eigenvalue weighted by atomic mass is 19.4. The van der Waals surface area contributed by atoms with Gasteiger partial charge in [0.25, 0.3) is 0 Å². The molecule has 1 aromatic heterocycles. The zero-order valence-corrected chi connectivity index (χ0v) is 11.6. The Labute approximate surface area is 121 Å². The predicted octanol–water partition coefficient (Wildman–Crippen LogP) is 3.36. The van der Waals surface area contributed by atoms with Gasteiger partial charge in [0, 0.05) is 24.7 Å². The van der Waals surface area contributed by atoms with Crippen molar-refractivity contribution in [2.75, 3.05) is 6.54 Å². The summed E-state index contributed by atoms with van der Waals surface area (Å²) in [5.41, 5.74) is 2.13. The van der Waals surface area contributed by atoms with Crippen LogP contribution in [0.2, 0.25) is 0 Å². The van der Waals surface area contributed by atoms with Crippen LogP contribution in [0.25, 0.3) is 0 Å². The molecule has 0 bridgehead atoms. The molecule has 1 N–H and O–H groups in total. The van der Waals surface area contributed by atoms with Crippen LogP contribution in [-0.2, 0) is 13.1 Å². The molecule has 1 heterocycles. The van der Waals surface area contributed by atoms with E-state index in [1.54, 1.807) is 6.20 Å². The van der Waals surface area contributed by atoms with Crippen molar-refractivity contribution in [3.63, 3.8) is 0 Å². The van der Waals surface area contributed by atoms with Gasteiger partial charge in [0.2, 0.25) is 0 Å². The topological polar surface area (TPSA) is 29.9 Å². The lowest BCUT2D eigenvalue weighted by Gasteiger charge is -2.06. The molecular formula is C15H18F3N3. The van der Waals surface area contributed by atoms with Gasteiger partial charge in [-0.1, -0.05) is 30.3 Å². The van der Waals surface area contributed by atoms with Crippen LogP contribution in [0.4, 0.5) is 13.2 Å². The number of nitrogens with one attached hydrogen (secondary N) is 1. The molecule has 0 aliphatic carbocycles. The second kappa shape index (κ2) is 7.26. The van der Waals surface area contributed by atoms with E-state index in [0.29, 0.717) is 19.6 Å². The first kappa shape index (κ1) is 15.6. The summed E-state index contributed by atoms with van der Waals surface area (Å²) in [6.07, 6.45) is -1.07. The Kier molecular flexibility index (Phi) is 5.38. The van der Waals surface area contributed by atoms with Crippen molar-refractivity contribution in [2.45, 2.75) is 32.1 Å². The van der Waals surface area contributed by atoms with Crippen LogP contribution in [0.15, 0.2) is 42.7 Å². The molecule has 0 aliphatic rings. The van der Waals surface area contributed by atoms with Gasteiger partial charge < -0.3 is 5.32 Å². The minimum absolute atomic E-state index is 0.0989. The molecule has 0 spiro atoms. The Bertz CT molecular complexity index is 535. The maximum atomic E-state index is 12.0. The number of alkyl halides is 3. The summed E-state index contributed by atoms with van der Waals surface area (Å²) in [5.74, 6) is 0. The van der Waals surface area contributed by atoms with E-state index in [2.05, 4.69) is 10.4 Å². The number of aromatic nitrogens is 2. The Morgan fingerprint density at radius 3 is 2.57 bits per heavy atom. The summed E-state index contributed by atoms with van der Waals surface area (Å²) in [4.78, 5) is 0. The molecule has 1 aromatic carbocycles. The molecule has 0 saturated heterocycles. The molecule has 0 fully saturated rings. The summed E-state index contributed by atoms with van der Waals surface area (Å²) >= 11 is 0. The lowest BCUT2D eigenvalue weighted by Crippen LogP contribution is -2.17. The molecule has 0 saturated carbocycles. The molecule has 0 unspecified atom stereocenters. The summed E-state index contributed by atoms with van der Waals surface area (Å²) < 4.78 is 37.7. The minimum atomic E-state index is -4.07. The smallest absolute Gasteiger partial charge is 0.313 e. The standard InChI is InChI=1S/C15H18F3N3/c16-15(17,18)7-4-8-19-9-14-10-20-21(12-14)11-13-5-2-1-3-6-13/h1-3,5-6,10,12,19H,4,7-9,11H2. The Morgan fingerprint density at radius 1 is 1.10 bits per heavy atom. The van der Waals surface area contributed by atoms with E-state index in [4.69, 9.17) is 0 Å². The van der Waals surface area contributed by atoms with Crippen LogP contribution >= 0.6 is 0 Å². The molecule has 6 heteroatoms. The van der Waals surface area contributed by atoms with E-state index in [1.165, 1.54) is 0 Å². The van der Waals surface area contributed by atoms with E-state index in [9.17, 15) is 13.2 Å². The number of rotatable bonds is 7. The summed E-state index contributed by atoms with van der Waals surface area (Å²) in [5, 5.41) is 7.24. The molecule has 0 aliphatic heterocycles. The third kappa shape index (κ3) is 5.99. The van der Waals surface area contributed by atoms with E-state index in [1.807, 2.05) is 41.2 Å². The molecular weight excluding hydrogens is 279 g/mol. The highest BCUT2D eigenvalue weighted by Gasteiger charge is 2.25. The van der Waals surface area contributed by atoms with Gasteiger partial charge in [0.15, 0.2) is 0 Å².